The molecule has 326 valence electrons. The van der Waals surface area contributed by atoms with Crippen molar-refractivity contribution in [1.82, 2.24) is 0 Å². The number of nitrogens with zero attached hydrogens (tertiary/aromatic N) is 1. The summed E-state index contributed by atoms with van der Waals surface area (Å²) in [5.41, 5.74) is 0. The molecule has 0 amide bonds. The molecule has 0 aliphatic carbocycles. The number of unbranched alkanes of at least 4 members (excludes halogenated alkanes) is 16. The van der Waals surface area contributed by atoms with Crippen molar-refractivity contribution in [3.63, 3.8) is 0 Å². The number of allylic oxidation sites excluding steroid dienone is 5. The third-order valence-electron chi connectivity index (χ3n) is 9.85. The number of esters is 2. The second-order valence-corrected chi connectivity index (χ2v) is 17.9. The second-order valence-electron chi connectivity index (χ2n) is 16.5. The summed E-state index contributed by atoms with van der Waals surface area (Å²) in [5.74, 6) is -0.872. The monoisotopic (exact) mass is 813 g/mol. The van der Waals surface area contributed by atoms with Crippen LogP contribution in [0.3, 0.4) is 0 Å². The van der Waals surface area contributed by atoms with Crippen LogP contribution < -0.4 is 0 Å². The summed E-state index contributed by atoms with van der Waals surface area (Å²) in [6, 6.07) is 0. The Kier molecular flexibility index (Phi) is 31.8. The Labute approximate surface area is 342 Å². The second kappa shape index (κ2) is 34.1. The Morgan fingerprint density at radius 1 is 0.661 bits per heavy atom. The maximum absolute atomic E-state index is 12.8. The van der Waals surface area contributed by atoms with E-state index in [0.717, 1.165) is 44.9 Å². The number of carbonyl (C=O) groups excluding carboxylic acids is 2. The number of epoxide rings is 1. The molecule has 1 saturated heterocycles. The Hall–Kier alpha value is -1.81. The van der Waals surface area contributed by atoms with E-state index >= 15 is 0 Å². The van der Waals surface area contributed by atoms with E-state index in [4.69, 9.17) is 23.3 Å². The summed E-state index contributed by atoms with van der Waals surface area (Å²) in [6.07, 6.45) is 39.2. The van der Waals surface area contributed by atoms with Crippen LogP contribution in [-0.4, -0.2) is 87.1 Å². The third-order valence-corrected chi connectivity index (χ3v) is 10.8. The lowest BCUT2D eigenvalue weighted by molar-refractivity contribution is -0.870. The van der Waals surface area contributed by atoms with Gasteiger partial charge in [0.2, 0.25) is 0 Å². The normalized spacial score (nSPS) is 17.5. The Morgan fingerprint density at radius 2 is 1.20 bits per heavy atom. The molecule has 0 aromatic rings. The number of ether oxygens (including phenoxy) is 3. The summed E-state index contributed by atoms with van der Waals surface area (Å²) >= 11 is 0. The van der Waals surface area contributed by atoms with Gasteiger partial charge >= 0.3 is 19.8 Å². The van der Waals surface area contributed by atoms with Crippen LogP contribution in [-0.2, 0) is 37.4 Å². The van der Waals surface area contributed by atoms with E-state index in [1.165, 1.54) is 96.3 Å². The molecule has 0 aromatic carbocycles. The fourth-order valence-electron chi connectivity index (χ4n) is 6.22. The number of carbonyl (C=O) groups is 2. The van der Waals surface area contributed by atoms with E-state index < -0.39 is 26.5 Å². The van der Waals surface area contributed by atoms with Gasteiger partial charge < -0.3 is 23.6 Å². The highest BCUT2D eigenvalue weighted by Crippen LogP contribution is 2.43. The fraction of sp³-hybridized carbons (Fsp3) is 0.822. The van der Waals surface area contributed by atoms with Gasteiger partial charge in [-0.05, 0) is 51.4 Å². The first-order valence-electron chi connectivity index (χ1n) is 22.3. The van der Waals surface area contributed by atoms with Gasteiger partial charge in [0.1, 0.15) is 19.8 Å². The Bertz CT molecular complexity index is 1120. The van der Waals surface area contributed by atoms with Crippen molar-refractivity contribution < 1.29 is 46.8 Å². The number of likely N-dealkylation sites (N-methyl/N-ethyl adjacent to an activating group) is 1. The van der Waals surface area contributed by atoms with E-state index in [-0.39, 0.29) is 44.2 Å². The van der Waals surface area contributed by atoms with Gasteiger partial charge in [0.15, 0.2) is 6.10 Å². The smallest absolute Gasteiger partial charge is 0.462 e. The van der Waals surface area contributed by atoms with Gasteiger partial charge in [0.25, 0.3) is 0 Å². The number of hydrogen-bond donors (Lipinski definition) is 1. The molecule has 0 saturated carbocycles. The maximum Gasteiger partial charge on any atom is 0.472 e. The largest absolute Gasteiger partial charge is 0.472 e. The number of quaternary nitrogens is 1. The quantitative estimate of drug-likeness (QED) is 0.0161. The number of rotatable bonds is 39. The van der Waals surface area contributed by atoms with E-state index in [1.807, 2.05) is 21.1 Å². The zero-order valence-electron chi connectivity index (χ0n) is 36.3. The molecular weight excluding hydrogens is 729 g/mol. The van der Waals surface area contributed by atoms with E-state index in [0.29, 0.717) is 17.4 Å². The molecule has 1 rings (SSSR count). The van der Waals surface area contributed by atoms with Crippen LogP contribution in [0, 0.1) is 0 Å². The molecular formula is C45H83NO9P+. The van der Waals surface area contributed by atoms with Gasteiger partial charge in [-0.25, -0.2) is 4.57 Å². The SMILES string of the molecule is CCCCC/C=C\C/C=C\C/C=C\CC1OC1CCCC(=O)O[C@H](COC(=O)CCCCCCCCCCCCCCCC)COP(=O)(O)OCC[N+](C)(C)C. The first kappa shape index (κ1) is 52.2. The van der Waals surface area contributed by atoms with Gasteiger partial charge in [0.05, 0.1) is 40.0 Å². The van der Waals surface area contributed by atoms with Crippen LogP contribution in [0.25, 0.3) is 0 Å². The van der Waals surface area contributed by atoms with Crippen LogP contribution in [0.15, 0.2) is 36.5 Å². The van der Waals surface area contributed by atoms with Crippen molar-refractivity contribution in [3.8, 4) is 0 Å². The third kappa shape index (κ3) is 34.3. The van der Waals surface area contributed by atoms with Gasteiger partial charge in [-0.15, -0.1) is 0 Å². The lowest BCUT2D eigenvalue weighted by Gasteiger charge is -2.24. The Morgan fingerprint density at radius 3 is 1.80 bits per heavy atom. The minimum absolute atomic E-state index is 0.0180. The summed E-state index contributed by atoms with van der Waals surface area (Å²) in [5, 5.41) is 0. The zero-order valence-corrected chi connectivity index (χ0v) is 37.2. The number of phosphoric acid groups is 1. The average Bonchev–Trinajstić information content (AvgIpc) is 3.90. The maximum atomic E-state index is 12.8. The first-order valence-corrected chi connectivity index (χ1v) is 23.8. The summed E-state index contributed by atoms with van der Waals surface area (Å²) in [4.78, 5) is 35.5. The van der Waals surface area contributed by atoms with Gasteiger partial charge in [-0.3, -0.25) is 18.6 Å². The molecule has 10 nitrogen and oxygen atoms in total. The zero-order chi connectivity index (χ0) is 41.2. The predicted molar refractivity (Wildman–Crippen MR) is 228 cm³/mol. The molecule has 1 heterocycles. The van der Waals surface area contributed by atoms with Crippen molar-refractivity contribution in [3.05, 3.63) is 36.5 Å². The summed E-state index contributed by atoms with van der Waals surface area (Å²) in [6.45, 7) is 4.31. The summed E-state index contributed by atoms with van der Waals surface area (Å²) in [7, 11) is 1.43. The Balaban J connectivity index is 2.34. The predicted octanol–water partition coefficient (Wildman–Crippen LogP) is 11.5. The van der Waals surface area contributed by atoms with Crippen molar-refractivity contribution in [1.29, 1.82) is 0 Å². The van der Waals surface area contributed by atoms with Crippen LogP contribution >= 0.6 is 7.82 Å². The molecule has 0 radical (unpaired) electrons. The van der Waals surface area contributed by atoms with Gasteiger partial charge in [-0.2, -0.15) is 0 Å². The fourth-order valence-corrected chi connectivity index (χ4v) is 6.96. The van der Waals surface area contributed by atoms with Gasteiger partial charge in [0, 0.05) is 12.8 Å². The molecule has 3 unspecified atom stereocenters. The molecule has 0 spiro atoms. The molecule has 1 N–H and O–H groups in total. The lowest BCUT2D eigenvalue weighted by atomic mass is 10.0. The molecule has 11 heteroatoms. The molecule has 56 heavy (non-hydrogen) atoms. The highest BCUT2D eigenvalue weighted by Gasteiger charge is 2.37. The van der Waals surface area contributed by atoms with Crippen LogP contribution in [0.2, 0.25) is 0 Å². The topological polar surface area (TPSA) is 121 Å². The van der Waals surface area contributed by atoms with Crippen LogP contribution in [0.5, 0.6) is 0 Å². The first-order chi connectivity index (χ1) is 27.0. The van der Waals surface area contributed by atoms with Crippen LogP contribution in [0.4, 0.5) is 0 Å². The highest BCUT2D eigenvalue weighted by molar-refractivity contribution is 7.47. The number of phosphoric ester groups is 1. The molecule has 1 aliphatic rings. The van der Waals surface area contributed by atoms with E-state index in [1.54, 1.807) is 0 Å². The van der Waals surface area contributed by atoms with E-state index in [9.17, 15) is 19.0 Å². The molecule has 1 fully saturated rings. The highest BCUT2D eigenvalue weighted by atomic mass is 31.2. The minimum atomic E-state index is -4.40. The van der Waals surface area contributed by atoms with Crippen molar-refractivity contribution >= 4 is 19.8 Å². The lowest BCUT2D eigenvalue weighted by Crippen LogP contribution is -2.37. The minimum Gasteiger partial charge on any atom is -0.462 e. The van der Waals surface area contributed by atoms with Crippen molar-refractivity contribution in [2.45, 2.75) is 193 Å². The average molecular weight is 813 g/mol. The standard InChI is InChI=1S/C45H82NO9P/c1-6-8-10-12-14-16-18-20-21-23-25-27-29-31-35-44(47)51-39-41(40-53-56(49,50)52-38-37-46(3,4)5)54-45(48)36-32-34-43-42(55-43)33-30-28-26-24-22-19-17-15-13-11-9-7-2/h15,17,22,24,28,30,41-43H,6-14,16,18-21,23,25-27,29,31-40H2,1-5H3/p+1/b17-15-,24-22-,30-28-/t41-,42?,43?/m1/s1. The molecule has 0 aromatic heterocycles. The molecule has 1 aliphatic heterocycles. The molecule has 0 bridgehead atoms. The van der Waals surface area contributed by atoms with Crippen molar-refractivity contribution in [2.75, 3.05) is 47.5 Å². The summed E-state index contributed by atoms with van der Waals surface area (Å²) < 4.78 is 40.1. The number of hydrogen-bond acceptors (Lipinski definition) is 8. The van der Waals surface area contributed by atoms with Crippen molar-refractivity contribution in [2.24, 2.45) is 0 Å². The van der Waals surface area contributed by atoms with E-state index in [2.05, 4.69) is 50.3 Å². The van der Waals surface area contributed by atoms with Crippen LogP contribution in [0.1, 0.15) is 174 Å². The van der Waals surface area contributed by atoms with Gasteiger partial charge in [-0.1, -0.05) is 147 Å². The molecule has 4 atom stereocenters.